The van der Waals surface area contributed by atoms with Crippen LogP contribution in [0, 0.1) is 13.8 Å². The van der Waals surface area contributed by atoms with Crippen LogP contribution in [0.3, 0.4) is 0 Å². The molecule has 23 heavy (non-hydrogen) atoms. The number of hydrogen-bond donors (Lipinski definition) is 0. The van der Waals surface area contributed by atoms with Crippen molar-refractivity contribution in [1.29, 1.82) is 0 Å². The van der Waals surface area contributed by atoms with E-state index in [1.165, 1.54) is 0 Å². The van der Waals surface area contributed by atoms with Gasteiger partial charge < -0.3 is 0 Å². The van der Waals surface area contributed by atoms with Gasteiger partial charge in [0.25, 0.3) is 0 Å². The maximum atomic E-state index is 13.2. The van der Waals surface area contributed by atoms with Gasteiger partial charge in [-0.15, -0.1) is 23.2 Å². The fourth-order valence-electron chi connectivity index (χ4n) is 2.65. The summed E-state index contributed by atoms with van der Waals surface area (Å²) in [5.41, 5.74) is 3.57. The second-order valence-corrected chi connectivity index (χ2v) is 8.25. The van der Waals surface area contributed by atoms with Gasteiger partial charge >= 0.3 is 0 Å². The molecule has 0 bridgehead atoms. The van der Waals surface area contributed by atoms with Crippen molar-refractivity contribution in [2.45, 2.75) is 36.5 Å². The summed E-state index contributed by atoms with van der Waals surface area (Å²) in [6.07, 6.45) is 1.04. The maximum Gasteiger partial charge on any atom is 0.207 e. The first-order valence-corrected chi connectivity index (χ1v) is 10.0. The highest BCUT2D eigenvalue weighted by Gasteiger charge is 2.24. The van der Waals surface area contributed by atoms with Gasteiger partial charge in [-0.25, -0.2) is 8.42 Å². The van der Waals surface area contributed by atoms with E-state index in [-0.39, 0.29) is 0 Å². The standard InChI is InChI=1S/C18H20Cl2O2S/c1-13-3-5-17(15(11-13)7-9-19)23(21,22)18-6-4-14(2)12-16(18)8-10-20/h3-6,11-12H,7-10H2,1-2H3. The first kappa shape index (κ1) is 18.3. The number of aryl methyl sites for hydroxylation is 4. The second-order valence-electron chi connectivity index (χ2n) is 5.60. The summed E-state index contributed by atoms with van der Waals surface area (Å²) in [7, 11) is -3.60. The third-order valence-electron chi connectivity index (χ3n) is 3.74. The van der Waals surface area contributed by atoms with Crippen LogP contribution >= 0.6 is 23.2 Å². The summed E-state index contributed by atoms with van der Waals surface area (Å²) in [4.78, 5) is 0.673. The molecule has 5 heteroatoms. The van der Waals surface area contributed by atoms with Crippen LogP contribution in [-0.4, -0.2) is 20.2 Å². The first-order chi connectivity index (χ1) is 10.9. The lowest BCUT2D eigenvalue weighted by molar-refractivity contribution is 0.594. The number of sulfone groups is 1. The molecular formula is C18H20Cl2O2S. The molecule has 0 spiro atoms. The fourth-order valence-corrected chi connectivity index (χ4v) is 4.80. The highest BCUT2D eigenvalue weighted by Crippen LogP contribution is 2.29. The molecule has 0 aliphatic heterocycles. The number of hydrogen-bond acceptors (Lipinski definition) is 2. The number of halogens is 2. The van der Waals surface area contributed by atoms with Gasteiger partial charge in [-0.2, -0.15) is 0 Å². The Morgan fingerprint density at radius 1 is 0.783 bits per heavy atom. The average molecular weight is 371 g/mol. The minimum atomic E-state index is -3.60. The molecule has 0 atom stereocenters. The molecule has 2 aromatic rings. The van der Waals surface area contributed by atoms with Gasteiger partial charge in [-0.1, -0.05) is 35.4 Å². The van der Waals surface area contributed by atoms with Crippen LogP contribution in [-0.2, 0) is 22.7 Å². The summed E-state index contributed by atoms with van der Waals surface area (Å²) in [5, 5.41) is 0. The van der Waals surface area contributed by atoms with E-state index < -0.39 is 9.84 Å². The Hall–Kier alpha value is -1.03. The van der Waals surface area contributed by atoms with Crippen molar-refractivity contribution >= 4 is 33.0 Å². The SMILES string of the molecule is Cc1ccc(S(=O)(=O)c2ccc(C)cc2CCCl)c(CCCl)c1. The summed E-state index contributed by atoms with van der Waals surface area (Å²) in [5.74, 6) is 0.767. The van der Waals surface area contributed by atoms with Crippen molar-refractivity contribution in [3.8, 4) is 0 Å². The van der Waals surface area contributed by atoms with Crippen molar-refractivity contribution in [3.63, 3.8) is 0 Å². The molecular weight excluding hydrogens is 351 g/mol. The first-order valence-electron chi connectivity index (χ1n) is 7.46. The van der Waals surface area contributed by atoms with Gasteiger partial charge in [-0.05, 0) is 49.9 Å². The Bertz CT molecular complexity index is 737. The monoisotopic (exact) mass is 370 g/mol. The van der Waals surface area contributed by atoms with Crippen molar-refractivity contribution in [1.82, 2.24) is 0 Å². The van der Waals surface area contributed by atoms with Crippen LogP contribution in [0.1, 0.15) is 22.3 Å². The topological polar surface area (TPSA) is 34.1 Å². The lowest BCUT2D eigenvalue weighted by Crippen LogP contribution is -2.10. The zero-order chi connectivity index (χ0) is 17.0. The van der Waals surface area contributed by atoms with Gasteiger partial charge in [0.1, 0.15) is 0 Å². The van der Waals surface area contributed by atoms with Crippen LogP contribution in [0.4, 0.5) is 0 Å². The van der Waals surface area contributed by atoms with E-state index in [0.29, 0.717) is 34.4 Å². The molecule has 2 rings (SSSR count). The molecule has 0 radical (unpaired) electrons. The molecule has 124 valence electrons. The number of alkyl halides is 2. The second kappa shape index (κ2) is 7.69. The highest BCUT2D eigenvalue weighted by atomic mass is 35.5. The number of rotatable bonds is 6. The Kier molecular flexibility index (Phi) is 6.12. The Morgan fingerprint density at radius 3 is 1.52 bits per heavy atom. The van der Waals surface area contributed by atoms with Crippen LogP contribution < -0.4 is 0 Å². The maximum absolute atomic E-state index is 13.2. The predicted octanol–water partition coefficient (Wildman–Crippen LogP) is 4.70. The Labute approximate surface area is 148 Å². The van der Waals surface area contributed by atoms with Crippen molar-refractivity contribution < 1.29 is 8.42 Å². The van der Waals surface area contributed by atoms with E-state index in [0.717, 1.165) is 22.3 Å². The molecule has 0 amide bonds. The van der Waals surface area contributed by atoms with E-state index in [1.54, 1.807) is 12.1 Å². The molecule has 0 saturated carbocycles. The molecule has 0 N–H and O–H groups in total. The van der Waals surface area contributed by atoms with Crippen molar-refractivity contribution in [3.05, 3.63) is 58.7 Å². The number of benzene rings is 2. The van der Waals surface area contributed by atoms with Gasteiger partial charge in [-0.3, -0.25) is 0 Å². The molecule has 2 nitrogen and oxygen atoms in total. The Balaban J connectivity index is 2.64. The molecule has 0 saturated heterocycles. The molecule has 0 heterocycles. The summed E-state index contributed by atoms with van der Waals surface area (Å²) in [6.45, 7) is 3.89. The predicted molar refractivity (Wildman–Crippen MR) is 96.7 cm³/mol. The summed E-state index contributed by atoms with van der Waals surface area (Å²) < 4.78 is 26.3. The molecule has 0 unspecified atom stereocenters. The molecule has 0 fully saturated rings. The normalized spacial score (nSPS) is 11.7. The molecule has 2 aromatic carbocycles. The smallest absolute Gasteiger partial charge is 0.207 e. The third-order valence-corrected chi connectivity index (χ3v) is 6.07. The Morgan fingerprint density at radius 2 is 1.17 bits per heavy atom. The summed E-state index contributed by atoms with van der Waals surface area (Å²) in [6, 6.07) is 10.8. The quantitative estimate of drug-likeness (QED) is 0.690. The largest absolute Gasteiger partial charge is 0.218 e. The van der Waals surface area contributed by atoms with Crippen LogP contribution in [0.25, 0.3) is 0 Å². The van der Waals surface area contributed by atoms with E-state index in [1.807, 2.05) is 38.1 Å². The van der Waals surface area contributed by atoms with Crippen molar-refractivity contribution in [2.24, 2.45) is 0 Å². The minimum absolute atomic E-state index is 0.337. The molecule has 0 aromatic heterocycles. The van der Waals surface area contributed by atoms with Crippen LogP contribution in [0.5, 0.6) is 0 Å². The van der Waals surface area contributed by atoms with Gasteiger partial charge in [0.05, 0.1) is 9.79 Å². The van der Waals surface area contributed by atoms with Crippen molar-refractivity contribution in [2.75, 3.05) is 11.8 Å². The van der Waals surface area contributed by atoms with Gasteiger partial charge in [0.15, 0.2) is 0 Å². The van der Waals surface area contributed by atoms with E-state index >= 15 is 0 Å². The summed E-state index contributed by atoms with van der Waals surface area (Å²) >= 11 is 11.7. The zero-order valence-electron chi connectivity index (χ0n) is 13.3. The van der Waals surface area contributed by atoms with Crippen LogP contribution in [0.15, 0.2) is 46.2 Å². The fraction of sp³-hybridized carbons (Fsp3) is 0.333. The van der Waals surface area contributed by atoms with E-state index in [4.69, 9.17) is 23.2 Å². The minimum Gasteiger partial charge on any atom is -0.218 e. The lowest BCUT2D eigenvalue weighted by Gasteiger charge is -2.14. The molecule has 0 aliphatic rings. The molecule has 0 aliphatic carbocycles. The van der Waals surface area contributed by atoms with Gasteiger partial charge in [0, 0.05) is 11.8 Å². The zero-order valence-corrected chi connectivity index (χ0v) is 15.6. The highest BCUT2D eigenvalue weighted by molar-refractivity contribution is 7.91. The van der Waals surface area contributed by atoms with E-state index in [9.17, 15) is 8.42 Å². The lowest BCUT2D eigenvalue weighted by atomic mass is 10.1. The average Bonchev–Trinajstić information content (AvgIpc) is 2.47. The third kappa shape index (κ3) is 4.09. The van der Waals surface area contributed by atoms with E-state index in [2.05, 4.69) is 0 Å². The van der Waals surface area contributed by atoms with Gasteiger partial charge in [0.2, 0.25) is 9.84 Å². The van der Waals surface area contributed by atoms with Crippen LogP contribution in [0.2, 0.25) is 0 Å².